The van der Waals surface area contributed by atoms with Gasteiger partial charge >= 0.3 is 0 Å². The largest absolute Gasteiger partial charge is 0.341 e. The first kappa shape index (κ1) is 11.6. The number of hydrogen-bond acceptors (Lipinski definition) is 4. The van der Waals surface area contributed by atoms with E-state index in [0.29, 0.717) is 24.9 Å². The number of hydrogen-bond donors (Lipinski definition) is 1. The number of carbonyl (C=O) groups excluding carboxylic acids is 1. The highest BCUT2D eigenvalue weighted by atomic mass is 16.2. The predicted octanol–water partition coefficient (Wildman–Crippen LogP) is -0.121. The van der Waals surface area contributed by atoms with Gasteiger partial charge in [0.05, 0.1) is 6.54 Å². The van der Waals surface area contributed by atoms with E-state index in [1.165, 1.54) is 19.2 Å². The first-order chi connectivity index (χ1) is 8.83. The molecule has 1 aromatic heterocycles. The van der Waals surface area contributed by atoms with Crippen LogP contribution in [0.3, 0.4) is 0 Å². The highest BCUT2D eigenvalue weighted by molar-refractivity contribution is 5.76. The van der Waals surface area contributed by atoms with Crippen LogP contribution in [0.1, 0.15) is 19.3 Å². The Bertz CT molecular complexity index is 391. The summed E-state index contributed by atoms with van der Waals surface area (Å²) in [5.74, 6) is 0.899. The first-order valence-electron chi connectivity index (χ1n) is 6.66. The number of rotatable bonds is 3. The molecule has 3 heterocycles. The fourth-order valence-corrected chi connectivity index (χ4v) is 2.97. The highest BCUT2D eigenvalue weighted by Crippen LogP contribution is 2.25. The molecule has 6 heteroatoms. The molecule has 0 aliphatic carbocycles. The van der Waals surface area contributed by atoms with Crippen LogP contribution in [0, 0.1) is 5.92 Å². The van der Waals surface area contributed by atoms with E-state index >= 15 is 0 Å². The summed E-state index contributed by atoms with van der Waals surface area (Å²) in [5.41, 5.74) is 0. The molecule has 2 aliphatic rings. The molecule has 0 spiro atoms. The van der Waals surface area contributed by atoms with Gasteiger partial charge in [0.1, 0.15) is 12.7 Å². The molecular formula is C12H19N5O. The normalized spacial score (nSPS) is 27.2. The number of fused-ring (bicyclic) bond motifs is 1. The number of amides is 1. The van der Waals surface area contributed by atoms with Crippen molar-refractivity contribution in [3.8, 4) is 0 Å². The molecule has 3 rings (SSSR count). The summed E-state index contributed by atoms with van der Waals surface area (Å²) in [6.45, 7) is 3.52. The van der Waals surface area contributed by atoms with Crippen LogP contribution < -0.4 is 5.32 Å². The van der Waals surface area contributed by atoms with Crippen molar-refractivity contribution in [2.45, 2.75) is 31.8 Å². The zero-order valence-corrected chi connectivity index (χ0v) is 10.5. The summed E-state index contributed by atoms with van der Waals surface area (Å²) in [4.78, 5) is 18.0. The molecule has 0 aromatic carbocycles. The predicted molar refractivity (Wildman–Crippen MR) is 65.7 cm³/mol. The van der Waals surface area contributed by atoms with Gasteiger partial charge in [-0.3, -0.25) is 9.48 Å². The summed E-state index contributed by atoms with van der Waals surface area (Å²) in [7, 11) is 0. The molecule has 6 nitrogen and oxygen atoms in total. The third-order valence-corrected chi connectivity index (χ3v) is 3.97. The number of likely N-dealkylation sites (tertiary alicyclic amines) is 1. The zero-order valence-electron chi connectivity index (χ0n) is 10.5. The van der Waals surface area contributed by atoms with Gasteiger partial charge in [-0.05, 0) is 25.3 Å². The summed E-state index contributed by atoms with van der Waals surface area (Å²) in [5, 5.41) is 7.52. The summed E-state index contributed by atoms with van der Waals surface area (Å²) >= 11 is 0. The van der Waals surface area contributed by atoms with E-state index in [4.69, 9.17) is 0 Å². The summed E-state index contributed by atoms with van der Waals surface area (Å²) < 4.78 is 1.71. The highest BCUT2D eigenvalue weighted by Gasteiger charge is 2.35. The van der Waals surface area contributed by atoms with Crippen LogP contribution in [0.15, 0.2) is 12.7 Å². The number of aryl methyl sites for hydroxylation is 1. The van der Waals surface area contributed by atoms with Crippen LogP contribution in [-0.4, -0.2) is 51.2 Å². The lowest BCUT2D eigenvalue weighted by Gasteiger charge is -2.24. The molecule has 2 saturated heterocycles. The second-order valence-electron chi connectivity index (χ2n) is 5.17. The average Bonchev–Trinajstić information content (AvgIpc) is 3.04. The molecule has 1 aromatic rings. The van der Waals surface area contributed by atoms with E-state index in [9.17, 15) is 4.79 Å². The van der Waals surface area contributed by atoms with E-state index < -0.39 is 0 Å². The van der Waals surface area contributed by atoms with Crippen molar-refractivity contribution in [3.05, 3.63) is 12.7 Å². The summed E-state index contributed by atoms with van der Waals surface area (Å²) in [6, 6.07) is 0.522. The minimum Gasteiger partial charge on any atom is -0.341 e. The van der Waals surface area contributed by atoms with E-state index in [0.717, 1.165) is 19.6 Å². The third-order valence-electron chi connectivity index (χ3n) is 3.97. The number of nitrogens with one attached hydrogen (secondary N) is 1. The molecule has 0 unspecified atom stereocenters. The Hall–Kier alpha value is -1.43. The van der Waals surface area contributed by atoms with Gasteiger partial charge in [0.25, 0.3) is 0 Å². The minimum atomic E-state index is 0.238. The average molecular weight is 249 g/mol. The molecular weight excluding hydrogens is 230 g/mol. The van der Waals surface area contributed by atoms with Crippen LogP contribution in [0.4, 0.5) is 0 Å². The maximum absolute atomic E-state index is 12.1. The molecule has 18 heavy (non-hydrogen) atoms. The molecule has 98 valence electrons. The number of piperidine rings is 1. The van der Waals surface area contributed by atoms with Crippen LogP contribution >= 0.6 is 0 Å². The maximum Gasteiger partial charge on any atom is 0.224 e. The van der Waals surface area contributed by atoms with Crippen LogP contribution in [0.2, 0.25) is 0 Å². The topological polar surface area (TPSA) is 63.1 Å². The molecule has 2 fully saturated rings. The molecule has 1 N–H and O–H groups in total. The van der Waals surface area contributed by atoms with Gasteiger partial charge in [-0.1, -0.05) is 0 Å². The standard InChI is InChI=1S/C12H19N5O/c18-12(3-5-17-9-13-8-15-17)16-6-10-2-1-4-14-11(10)7-16/h8-11,14H,1-7H2/t10-,11+/m0/s1. The molecule has 0 saturated carbocycles. The van der Waals surface area contributed by atoms with Crippen molar-refractivity contribution in [1.29, 1.82) is 0 Å². The minimum absolute atomic E-state index is 0.238. The molecule has 1 amide bonds. The second kappa shape index (κ2) is 5.06. The van der Waals surface area contributed by atoms with Gasteiger partial charge in [0, 0.05) is 25.6 Å². The van der Waals surface area contributed by atoms with Gasteiger partial charge in [-0.2, -0.15) is 5.10 Å². The third kappa shape index (κ3) is 2.38. The van der Waals surface area contributed by atoms with Gasteiger partial charge in [0.15, 0.2) is 0 Å². The van der Waals surface area contributed by atoms with Crippen LogP contribution in [-0.2, 0) is 11.3 Å². The van der Waals surface area contributed by atoms with Gasteiger partial charge < -0.3 is 10.2 Å². The smallest absolute Gasteiger partial charge is 0.224 e. The van der Waals surface area contributed by atoms with Gasteiger partial charge in [0.2, 0.25) is 5.91 Å². The molecule has 0 radical (unpaired) electrons. The Balaban J connectivity index is 1.51. The molecule has 2 aliphatic heterocycles. The van der Waals surface area contributed by atoms with Crippen molar-refractivity contribution in [1.82, 2.24) is 25.0 Å². The van der Waals surface area contributed by atoms with Crippen molar-refractivity contribution in [2.75, 3.05) is 19.6 Å². The van der Waals surface area contributed by atoms with E-state index in [1.54, 1.807) is 11.0 Å². The van der Waals surface area contributed by atoms with Crippen LogP contribution in [0.5, 0.6) is 0 Å². The zero-order chi connectivity index (χ0) is 12.4. The first-order valence-corrected chi connectivity index (χ1v) is 6.66. The number of carbonyl (C=O) groups is 1. The van der Waals surface area contributed by atoms with Crippen molar-refractivity contribution >= 4 is 5.91 Å². The number of nitrogens with zero attached hydrogens (tertiary/aromatic N) is 4. The second-order valence-corrected chi connectivity index (χ2v) is 5.17. The Kier molecular flexibility index (Phi) is 3.27. The van der Waals surface area contributed by atoms with Gasteiger partial charge in [-0.25, -0.2) is 4.98 Å². The van der Waals surface area contributed by atoms with Crippen LogP contribution in [0.25, 0.3) is 0 Å². The Morgan fingerprint density at radius 3 is 3.17 bits per heavy atom. The van der Waals surface area contributed by atoms with Crippen molar-refractivity contribution in [2.24, 2.45) is 5.92 Å². The Morgan fingerprint density at radius 1 is 1.44 bits per heavy atom. The Morgan fingerprint density at radius 2 is 2.39 bits per heavy atom. The lowest BCUT2D eigenvalue weighted by atomic mass is 9.94. The number of aromatic nitrogens is 3. The van der Waals surface area contributed by atoms with Crippen molar-refractivity contribution < 1.29 is 4.79 Å². The quantitative estimate of drug-likeness (QED) is 0.811. The lowest BCUT2D eigenvalue weighted by Crippen LogP contribution is -2.41. The van der Waals surface area contributed by atoms with E-state index in [-0.39, 0.29) is 5.91 Å². The van der Waals surface area contributed by atoms with Gasteiger partial charge in [-0.15, -0.1) is 0 Å². The summed E-state index contributed by atoms with van der Waals surface area (Å²) in [6.07, 6.45) is 6.16. The van der Waals surface area contributed by atoms with E-state index in [2.05, 4.69) is 15.4 Å². The maximum atomic E-state index is 12.1. The lowest BCUT2D eigenvalue weighted by molar-refractivity contribution is -0.130. The Labute approximate surface area is 106 Å². The fraction of sp³-hybridized carbons (Fsp3) is 0.750. The SMILES string of the molecule is O=C(CCn1cncn1)N1C[C@@H]2CCCN[C@@H]2C1. The van der Waals surface area contributed by atoms with Crippen molar-refractivity contribution in [3.63, 3.8) is 0 Å². The molecule has 2 atom stereocenters. The fourth-order valence-electron chi connectivity index (χ4n) is 2.97. The molecule has 0 bridgehead atoms. The monoisotopic (exact) mass is 249 g/mol. The van der Waals surface area contributed by atoms with E-state index in [1.807, 2.05) is 4.90 Å².